The summed E-state index contributed by atoms with van der Waals surface area (Å²) in [6, 6.07) is 28.9. The van der Waals surface area contributed by atoms with Crippen LogP contribution in [0.1, 0.15) is 6.42 Å². The number of fused-ring (bicyclic) bond motifs is 2. The third kappa shape index (κ3) is 5.12. The largest absolute Gasteiger partial charge is 0.502 e. The molecule has 4 aromatic rings. The number of hydrogen-bond acceptors (Lipinski definition) is 3. The molecule has 4 aromatic carbocycles. The molecule has 0 saturated heterocycles. The second-order valence-electron chi connectivity index (χ2n) is 7.33. The van der Waals surface area contributed by atoms with Crippen LogP contribution >= 0.6 is 0 Å². The van der Waals surface area contributed by atoms with E-state index in [4.69, 9.17) is 14.2 Å². The summed E-state index contributed by atoms with van der Waals surface area (Å²) < 4.78 is 17.5. The number of hydrogen-bond donors (Lipinski definition) is 0. The van der Waals surface area contributed by atoms with Crippen LogP contribution in [-0.2, 0) is 4.74 Å². The summed E-state index contributed by atoms with van der Waals surface area (Å²) >= 11 is 0. The van der Waals surface area contributed by atoms with Gasteiger partial charge in [-0.05, 0) is 52.2 Å². The van der Waals surface area contributed by atoms with E-state index < -0.39 is 0 Å². The van der Waals surface area contributed by atoms with Crippen molar-refractivity contribution in [3.05, 3.63) is 97.8 Å². The summed E-state index contributed by atoms with van der Waals surface area (Å²) in [4.78, 5) is 0. The fraction of sp³-hybridized carbons (Fsp3) is 0.185. The summed E-state index contributed by atoms with van der Waals surface area (Å²) in [5.41, 5.74) is 0. The van der Waals surface area contributed by atoms with Crippen molar-refractivity contribution >= 4 is 21.5 Å². The molecule has 0 heterocycles. The first-order valence-corrected chi connectivity index (χ1v) is 10.3. The first-order chi connectivity index (χ1) is 14.8. The van der Waals surface area contributed by atoms with Crippen LogP contribution < -0.4 is 9.47 Å². The minimum absolute atomic E-state index is 0.197. The lowest BCUT2D eigenvalue weighted by atomic mass is 10.1. The number of benzene rings is 4. The fourth-order valence-electron chi connectivity index (χ4n) is 3.48. The Bertz CT molecular complexity index is 1040. The van der Waals surface area contributed by atoms with Gasteiger partial charge in [-0.1, -0.05) is 67.2 Å². The number of rotatable bonds is 10. The summed E-state index contributed by atoms with van der Waals surface area (Å²) in [5.74, 6) is 1.94. The molecule has 0 atom stereocenters. The third-order valence-electron chi connectivity index (χ3n) is 5.18. The van der Waals surface area contributed by atoms with Crippen LogP contribution in [0.3, 0.4) is 0 Å². The van der Waals surface area contributed by atoms with Crippen molar-refractivity contribution in [3.63, 3.8) is 0 Å². The maximum absolute atomic E-state index is 6.10. The average Bonchev–Trinajstić information content (AvgIpc) is 2.80. The van der Waals surface area contributed by atoms with Gasteiger partial charge in [0.2, 0.25) is 0 Å². The number of ether oxygens (including phenoxy) is 3. The second-order valence-corrected chi connectivity index (χ2v) is 7.33. The van der Waals surface area contributed by atoms with Crippen molar-refractivity contribution in [3.8, 4) is 11.5 Å². The van der Waals surface area contributed by atoms with Crippen LogP contribution in [0, 0.1) is 5.92 Å². The summed E-state index contributed by atoms with van der Waals surface area (Å²) in [7, 11) is 0. The molecular formula is C27H26O3. The molecule has 0 unspecified atom stereocenters. The minimum Gasteiger partial charge on any atom is -0.502 e. The second kappa shape index (κ2) is 9.84. The Morgan fingerprint density at radius 3 is 1.67 bits per heavy atom. The quantitative estimate of drug-likeness (QED) is 0.222. The minimum atomic E-state index is 0.197. The lowest BCUT2D eigenvalue weighted by molar-refractivity contribution is 0.139. The molecule has 0 bridgehead atoms. The smallest absolute Gasteiger partial charge is 0.119 e. The van der Waals surface area contributed by atoms with E-state index in [0.29, 0.717) is 19.8 Å². The van der Waals surface area contributed by atoms with Gasteiger partial charge in [0.25, 0.3) is 0 Å². The Kier molecular flexibility index (Phi) is 6.51. The van der Waals surface area contributed by atoms with E-state index in [0.717, 1.165) is 17.9 Å². The van der Waals surface area contributed by atoms with E-state index in [9.17, 15) is 0 Å². The van der Waals surface area contributed by atoms with Gasteiger partial charge in [-0.2, -0.15) is 0 Å². The molecule has 0 spiro atoms. The average molecular weight is 399 g/mol. The van der Waals surface area contributed by atoms with Gasteiger partial charge < -0.3 is 14.2 Å². The summed E-state index contributed by atoms with van der Waals surface area (Å²) in [6.07, 6.45) is 2.30. The van der Waals surface area contributed by atoms with Crippen LogP contribution in [-0.4, -0.2) is 19.8 Å². The highest BCUT2D eigenvalue weighted by Crippen LogP contribution is 2.23. The van der Waals surface area contributed by atoms with E-state index in [2.05, 4.69) is 55.1 Å². The van der Waals surface area contributed by atoms with Gasteiger partial charge in [0.15, 0.2) is 0 Å². The van der Waals surface area contributed by atoms with Crippen molar-refractivity contribution in [2.24, 2.45) is 5.92 Å². The van der Waals surface area contributed by atoms with Gasteiger partial charge in [-0.15, -0.1) is 0 Å². The highest BCUT2D eigenvalue weighted by atomic mass is 16.5. The van der Waals surface area contributed by atoms with Crippen LogP contribution in [0.25, 0.3) is 21.5 Å². The first-order valence-electron chi connectivity index (χ1n) is 10.3. The molecule has 0 aliphatic rings. The van der Waals surface area contributed by atoms with Crippen molar-refractivity contribution in [2.75, 3.05) is 19.8 Å². The SMILES string of the molecule is C=COCCC(COc1ccc2ccccc2c1)COc1ccc2ccccc2c1. The zero-order valence-corrected chi connectivity index (χ0v) is 17.0. The molecule has 30 heavy (non-hydrogen) atoms. The standard InChI is InChI=1S/C27H26O3/c1-2-28-16-15-21(19-29-26-13-11-22-7-3-5-9-24(22)17-26)20-30-27-14-12-23-8-4-6-10-25(23)18-27/h2-14,17-18,21H,1,15-16,19-20H2. The Balaban J connectivity index is 1.39. The molecule has 0 amide bonds. The predicted octanol–water partition coefficient (Wildman–Crippen LogP) is 6.62. The van der Waals surface area contributed by atoms with E-state index in [1.165, 1.54) is 27.8 Å². The Labute approximate surface area is 177 Å². The zero-order chi connectivity index (χ0) is 20.6. The van der Waals surface area contributed by atoms with Crippen molar-refractivity contribution in [1.82, 2.24) is 0 Å². The van der Waals surface area contributed by atoms with E-state index in [1.807, 2.05) is 36.4 Å². The van der Waals surface area contributed by atoms with Crippen LogP contribution in [0.4, 0.5) is 0 Å². The van der Waals surface area contributed by atoms with Crippen LogP contribution in [0.2, 0.25) is 0 Å². The molecule has 0 fully saturated rings. The van der Waals surface area contributed by atoms with Gasteiger partial charge >= 0.3 is 0 Å². The Morgan fingerprint density at radius 2 is 1.17 bits per heavy atom. The van der Waals surface area contributed by atoms with Gasteiger partial charge in [-0.25, -0.2) is 0 Å². The first kappa shape index (κ1) is 19.8. The molecule has 0 radical (unpaired) electrons. The predicted molar refractivity (Wildman–Crippen MR) is 123 cm³/mol. The monoisotopic (exact) mass is 398 g/mol. The zero-order valence-electron chi connectivity index (χ0n) is 17.0. The lowest BCUT2D eigenvalue weighted by Crippen LogP contribution is -2.21. The molecule has 4 rings (SSSR count). The molecule has 3 nitrogen and oxygen atoms in total. The maximum atomic E-state index is 6.10. The van der Waals surface area contributed by atoms with E-state index >= 15 is 0 Å². The van der Waals surface area contributed by atoms with E-state index in [1.54, 1.807) is 0 Å². The topological polar surface area (TPSA) is 27.7 Å². The Morgan fingerprint density at radius 1 is 0.667 bits per heavy atom. The molecule has 0 N–H and O–H groups in total. The highest BCUT2D eigenvalue weighted by Gasteiger charge is 2.12. The fourth-order valence-corrected chi connectivity index (χ4v) is 3.48. The normalized spacial score (nSPS) is 11.0. The van der Waals surface area contributed by atoms with Crippen LogP contribution in [0.15, 0.2) is 97.8 Å². The van der Waals surface area contributed by atoms with Crippen molar-refractivity contribution in [1.29, 1.82) is 0 Å². The molecule has 0 aromatic heterocycles. The van der Waals surface area contributed by atoms with Gasteiger partial charge in [0.05, 0.1) is 26.1 Å². The van der Waals surface area contributed by atoms with Gasteiger partial charge in [-0.3, -0.25) is 0 Å². The van der Waals surface area contributed by atoms with Crippen molar-refractivity contribution in [2.45, 2.75) is 6.42 Å². The lowest BCUT2D eigenvalue weighted by Gasteiger charge is -2.19. The van der Waals surface area contributed by atoms with Crippen molar-refractivity contribution < 1.29 is 14.2 Å². The third-order valence-corrected chi connectivity index (χ3v) is 5.18. The molecular weight excluding hydrogens is 372 g/mol. The summed E-state index contributed by atoms with van der Waals surface area (Å²) in [5, 5.41) is 4.77. The van der Waals surface area contributed by atoms with E-state index in [-0.39, 0.29) is 5.92 Å². The molecule has 0 saturated carbocycles. The summed E-state index contributed by atoms with van der Waals surface area (Å²) in [6.45, 7) is 5.34. The maximum Gasteiger partial charge on any atom is 0.119 e. The van der Waals surface area contributed by atoms with Gasteiger partial charge in [0, 0.05) is 5.92 Å². The molecule has 0 aliphatic carbocycles. The molecule has 0 aliphatic heterocycles. The molecule has 152 valence electrons. The van der Waals surface area contributed by atoms with Crippen LogP contribution in [0.5, 0.6) is 11.5 Å². The highest BCUT2D eigenvalue weighted by molar-refractivity contribution is 5.84. The van der Waals surface area contributed by atoms with Gasteiger partial charge in [0.1, 0.15) is 11.5 Å². The Hall–Kier alpha value is -3.46. The molecule has 3 heteroatoms.